The zero-order valence-electron chi connectivity index (χ0n) is 9.38. The molecule has 2 rings (SSSR count). The summed E-state index contributed by atoms with van der Waals surface area (Å²) in [6, 6.07) is 7.90. The van der Waals surface area contributed by atoms with Crippen molar-refractivity contribution in [3.8, 4) is 0 Å². The molecule has 1 aromatic carbocycles. The summed E-state index contributed by atoms with van der Waals surface area (Å²) in [5.41, 5.74) is 3.25. The van der Waals surface area contributed by atoms with Gasteiger partial charge in [-0.15, -0.1) is 0 Å². The van der Waals surface area contributed by atoms with Crippen LogP contribution in [0.2, 0.25) is 5.02 Å². The van der Waals surface area contributed by atoms with E-state index in [2.05, 4.69) is 5.32 Å². The van der Waals surface area contributed by atoms with Gasteiger partial charge >= 0.3 is 0 Å². The van der Waals surface area contributed by atoms with Crippen LogP contribution in [-0.2, 0) is 6.54 Å². The molecule has 3 heteroatoms. The van der Waals surface area contributed by atoms with E-state index in [-0.39, 0.29) is 0 Å². The first-order valence-corrected chi connectivity index (χ1v) is 5.57. The van der Waals surface area contributed by atoms with Crippen molar-refractivity contribution >= 4 is 17.3 Å². The lowest BCUT2D eigenvalue weighted by Crippen LogP contribution is -1.99. The Morgan fingerprint density at radius 3 is 2.62 bits per heavy atom. The molecular weight excluding hydrogens is 222 g/mol. The first-order valence-electron chi connectivity index (χ1n) is 5.20. The van der Waals surface area contributed by atoms with Gasteiger partial charge in [-0.2, -0.15) is 0 Å². The van der Waals surface area contributed by atoms with Crippen molar-refractivity contribution in [2.75, 3.05) is 5.32 Å². The molecule has 0 saturated carbocycles. The quantitative estimate of drug-likeness (QED) is 0.864. The molecular formula is C13H14ClNO. The van der Waals surface area contributed by atoms with E-state index in [1.807, 2.05) is 38.1 Å². The third-order valence-corrected chi connectivity index (χ3v) is 3.00. The highest BCUT2D eigenvalue weighted by Crippen LogP contribution is 2.20. The molecule has 0 spiro atoms. The Kier molecular flexibility index (Phi) is 3.20. The summed E-state index contributed by atoms with van der Waals surface area (Å²) in [6.45, 7) is 4.70. The van der Waals surface area contributed by atoms with Crippen LogP contribution < -0.4 is 5.32 Å². The smallest absolute Gasteiger partial charge is 0.125 e. The highest BCUT2D eigenvalue weighted by atomic mass is 35.5. The van der Waals surface area contributed by atoms with Gasteiger partial charge in [-0.05, 0) is 43.2 Å². The molecule has 0 fully saturated rings. The second-order valence-corrected chi connectivity index (χ2v) is 4.25. The molecule has 0 amide bonds. The first-order chi connectivity index (χ1) is 7.66. The normalized spacial score (nSPS) is 10.4. The van der Waals surface area contributed by atoms with Crippen LogP contribution in [-0.4, -0.2) is 0 Å². The predicted molar refractivity (Wildman–Crippen MR) is 67.0 cm³/mol. The number of furan rings is 1. The van der Waals surface area contributed by atoms with E-state index in [9.17, 15) is 0 Å². The van der Waals surface area contributed by atoms with Crippen LogP contribution in [0.25, 0.3) is 0 Å². The fourth-order valence-corrected chi connectivity index (χ4v) is 1.65. The zero-order valence-corrected chi connectivity index (χ0v) is 10.1. The molecule has 1 N–H and O–H groups in total. The van der Waals surface area contributed by atoms with Gasteiger partial charge in [0.2, 0.25) is 0 Å². The van der Waals surface area contributed by atoms with Crippen LogP contribution in [0.4, 0.5) is 5.69 Å². The molecule has 0 bridgehead atoms. The van der Waals surface area contributed by atoms with E-state index in [0.717, 1.165) is 27.6 Å². The standard InChI is InChI=1S/C13H14ClNO/c1-9-3-4-11(7-12(9)14)15-8-13-10(2)5-6-16-13/h3-7,15H,8H2,1-2H3. The number of anilines is 1. The molecule has 0 aliphatic rings. The molecule has 0 radical (unpaired) electrons. The van der Waals surface area contributed by atoms with Gasteiger partial charge in [0.25, 0.3) is 0 Å². The van der Waals surface area contributed by atoms with Gasteiger partial charge in [0.15, 0.2) is 0 Å². The van der Waals surface area contributed by atoms with Gasteiger partial charge in [-0.3, -0.25) is 0 Å². The Bertz CT molecular complexity index is 490. The molecule has 16 heavy (non-hydrogen) atoms. The van der Waals surface area contributed by atoms with Crippen molar-refractivity contribution in [2.24, 2.45) is 0 Å². The van der Waals surface area contributed by atoms with Crippen molar-refractivity contribution in [2.45, 2.75) is 20.4 Å². The summed E-state index contributed by atoms with van der Waals surface area (Å²) >= 11 is 6.04. The fourth-order valence-electron chi connectivity index (χ4n) is 1.47. The second kappa shape index (κ2) is 4.62. The lowest BCUT2D eigenvalue weighted by molar-refractivity contribution is 0.515. The van der Waals surface area contributed by atoms with Crippen LogP contribution in [0.15, 0.2) is 34.9 Å². The molecule has 0 saturated heterocycles. The average Bonchev–Trinajstić information content (AvgIpc) is 2.66. The largest absolute Gasteiger partial charge is 0.467 e. The van der Waals surface area contributed by atoms with Crippen molar-refractivity contribution < 1.29 is 4.42 Å². The maximum Gasteiger partial charge on any atom is 0.125 e. The van der Waals surface area contributed by atoms with Crippen molar-refractivity contribution in [3.63, 3.8) is 0 Å². The number of nitrogens with one attached hydrogen (secondary N) is 1. The van der Waals surface area contributed by atoms with Gasteiger partial charge in [-0.1, -0.05) is 17.7 Å². The maximum atomic E-state index is 6.04. The summed E-state index contributed by atoms with van der Waals surface area (Å²) in [6.07, 6.45) is 1.70. The lowest BCUT2D eigenvalue weighted by atomic mass is 10.2. The average molecular weight is 236 g/mol. The molecule has 84 valence electrons. The molecule has 1 aromatic heterocycles. The van der Waals surface area contributed by atoms with Gasteiger partial charge in [0.1, 0.15) is 5.76 Å². The topological polar surface area (TPSA) is 25.2 Å². The van der Waals surface area contributed by atoms with Crippen LogP contribution >= 0.6 is 11.6 Å². The molecule has 0 aliphatic carbocycles. The third kappa shape index (κ3) is 2.39. The molecule has 1 heterocycles. The van der Waals surface area contributed by atoms with E-state index in [0.29, 0.717) is 6.54 Å². The predicted octanol–water partition coefficient (Wildman–Crippen LogP) is 4.16. The van der Waals surface area contributed by atoms with Gasteiger partial charge in [0.05, 0.1) is 12.8 Å². The summed E-state index contributed by atoms with van der Waals surface area (Å²) in [4.78, 5) is 0. The van der Waals surface area contributed by atoms with E-state index >= 15 is 0 Å². The van der Waals surface area contributed by atoms with Crippen molar-refractivity contribution in [1.29, 1.82) is 0 Å². The van der Waals surface area contributed by atoms with Gasteiger partial charge in [-0.25, -0.2) is 0 Å². The van der Waals surface area contributed by atoms with Crippen LogP contribution in [0.3, 0.4) is 0 Å². The Hall–Kier alpha value is -1.41. The zero-order chi connectivity index (χ0) is 11.5. The molecule has 2 aromatic rings. The molecule has 0 aliphatic heterocycles. The Morgan fingerprint density at radius 2 is 2.00 bits per heavy atom. The minimum absolute atomic E-state index is 0.679. The van der Waals surface area contributed by atoms with E-state index < -0.39 is 0 Å². The van der Waals surface area contributed by atoms with Crippen molar-refractivity contribution in [3.05, 3.63) is 52.4 Å². The van der Waals surface area contributed by atoms with E-state index in [1.165, 1.54) is 0 Å². The first kappa shape index (κ1) is 11.1. The highest BCUT2D eigenvalue weighted by molar-refractivity contribution is 6.31. The molecule has 0 unspecified atom stereocenters. The number of hydrogen-bond donors (Lipinski definition) is 1. The number of halogens is 1. The van der Waals surface area contributed by atoms with Crippen molar-refractivity contribution in [1.82, 2.24) is 0 Å². The van der Waals surface area contributed by atoms with E-state index in [4.69, 9.17) is 16.0 Å². The third-order valence-electron chi connectivity index (χ3n) is 2.59. The van der Waals surface area contributed by atoms with E-state index in [1.54, 1.807) is 6.26 Å². The Labute approximate surface area is 100 Å². The second-order valence-electron chi connectivity index (χ2n) is 3.84. The Balaban J connectivity index is 2.05. The maximum absolute atomic E-state index is 6.04. The SMILES string of the molecule is Cc1ccc(NCc2occc2C)cc1Cl. The van der Waals surface area contributed by atoms with Gasteiger partial charge in [0, 0.05) is 10.7 Å². The minimum Gasteiger partial charge on any atom is -0.467 e. The summed E-state index contributed by atoms with van der Waals surface area (Å²) in [5, 5.41) is 4.06. The molecule has 0 atom stereocenters. The Morgan fingerprint density at radius 1 is 1.19 bits per heavy atom. The summed E-state index contributed by atoms with van der Waals surface area (Å²) in [7, 11) is 0. The number of hydrogen-bond acceptors (Lipinski definition) is 2. The number of benzene rings is 1. The monoisotopic (exact) mass is 235 g/mol. The summed E-state index contributed by atoms with van der Waals surface area (Å²) in [5.74, 6) is 0.955. The van der Waals surface area contributed by atoms with Gasteiger partial charge < -0.3 is 9.73 Å². The number of aryl methyl sites for hydroxylation is 2. The summed E-state index contributed by atoms with van der Waals surface area (Å²) < 4.78 is 5.34. The van der Waals surface area contributed by atoms with Crippen LogP contribution in [0.5, 0.6) is 0 Å². The minimum atomic E-state index is 0.679. The number of rotatable bonds is 3. The lowest BCUT2D eigenvalue weighted by Gasteiger charge is -2.06. The fraction of sp³-hybridized carbons (Fsp3) is 0.231. The highest BCUT2D eigenvalue weighted by Gasteiger charge is 2.02. The van der Waals surface area contributed by atoms with Crippen LogP contribution in [0.1, 0.15) is 16.9 Å². The van der Waals surface area contributed by atoms with Crippen LogP contribution in [0, 0.1) is 13.8 Å². The molecule has 2 nitrogen and oxygen atoms in total.